The maximum Gasteiger partial charge on any atom is 0.222 e. The molecule has 2 heterocycles. The van der Waals surface area contributed by atoms with Crippen molar-refractivity contribution in [1.82, 2.24) is 20.1 Å². The van der Waals surface area contributed by atoms with Gasteiger partial charge < -0.3 is 10.1 Å². The third-order valence-electron chi connectivity index (χ3n) is 4.84. The molecule has 4 rings (SSSR count). The molecular weight excluding hydrogens is 402 g/mol. The van der Waals surface area contributed by atoms with Crippen molar-refractivity contribution < 1.29 is 13.6 Å². The summed E-state index contributed by atoms with van der Waals surface area (Å²) in [5, 5.41) is 11.5. The molecule has 0 spiro atoms. The fourth-order valence-corrected chi connectivity index (χ4v) is 3.61. The predicted molar refractivity (Wildman–Crippen MR) is 116 cm³/mol. The summed E-state index contributed by atoms with van der Waals surface area (Å²) in [5.74, 6) is 0.429. The van der Waals surface area contributed by atoms with Crippen LogP contribution in [0.2, 0.25) is 5.02 Å². The number of aryl methyl sites for hydroxylation is 1. The topological polar surface area (TPSA) is 81.4 Å². The summed E-state index contributed by atoms with van der Waals surface area (Å²) in [7, 11) is 1.55. The Kier molecular flexibility index (Phi) is 4.58. The number of fused-ring (bicyclic) bond motifs is 3. The maximum atomic E-state index is 12.5. The fourth-order valence-electron chi connectivity index (χ4n) is 3.48. The molecule has 0 radical (unpaired) electrons. The smallest absolute Gasteiger partial charge is 0.222 e. The van der Waals surface area contributed by atoms with E-state index in [1.807, 2.05) is 19.1 Å². The molecule has 3 aromatic rings. The minimum atomic E-state index is -2.52. The van der Waals surface area contributed by atoms with Crippen molar-refractivity contribution in [1.29, 1.82) is 0 Å². The minimum Gasteiger partial charge on any atom is -0.497 e. The Bertz CT molecular complexity index is 1220. The SMILES string of the molecule is [2H]C([2H])([2H])c1nnc2n1-c1ccc(OC)cc1C(c1ccc(Cl)cc1)=N[C@H]2CC(=O)NCC. The van der Waals surface area contributed by atoms with Gasteiger partial charge in [-0.1, -0.05) is 23.7 Å². The highest BCUT2D eigenvalue weighted by molar-refractivity contribution is 6.30. The zero-order chi connectivity index (χ0) is 23.8. The van der Waals surface area contributed by atoms with Gasteiger partial charge >= 0.3 is 0 Å². The number of aromatic nitrogens is 3. The molecule has 0 fully saturated rings. The molecule has 0 saturated heterocycles. The standard InChI is InChI=1S/C22H22ClN5O2/c1-4-24-20(29)12-18-22-27-26-13(2)28(22)19-10-9-16(30-3)11-17(19)21(25-18)14-5-7-15(23)8-6-14/h5-11,18H,4,12H2,1-3H3,(H,24,29)/t18-/m0/s1/i2D3. The first-order chi connectivity index (χ1) is 15.7. The van der Waals surface area contributed by atoms with Gasteiger partial charge in [-0.3, -0.25) is 14.4 Å². The van der Waals surface area contributed by atoms with Crippen molar-refractivity contribution in [3.63, 3.8) is 0 Å². The lowest BCUT2D eigenvalue weighted by Crippen LogP contribution is -2.25. The van der Waals surface area contributed by atoms with Gasteiger partial charge in [-0.15, -0.1) is 10.2 Å². The quantitative estimate of drug-likeness (QED) is 0.675. The van der Waals surface area contributed by atoms with Gasteiger partial charge in [0.25, 0.3) is 0 Å². The second kappa shape index (κ2) is 8.28. The summed E-state index contributed by atoms with van der Waals surface area (Å²) in [4.78, 5) is 17.4. The van der Waals surface area contributed by atoms with Gasteiger partial charge in [-0.05, 0) is 44.1 Å². The Hall–Kier alpha value is -3.19. The Morgan fingerprint density at radius 1 is 1.27 bits per heavy atom. The number of aliphatic imine (C=N–C) groups is 1. The van der Waals surface area contributed by atoms with Gasteiger partial charge in [0.1, 0.15) is 17.6 Å². The molecule has 1 aliphatic rings. The molecule has 1 N–H and O–H groups in total. The van der Waals surface area contributed by atoms with Crippen LogP contribution in [0.4, 0.5) is 0 Å². The number of benzene rings is 2. The van der Waals surface area contributed by atoms with Crippen LogP contribution in [-0.4, -0.2) is 40.0 Å². The number of nitrogens with zero attached hydrogens (tertiary/aromatic N) is 4. The zero-order valence-corrected chi connectivity index (χ0v) is 17.3. The number of rotatable bonds is 5. The molecule has 0 unspecified atom stereocenters. The summed E-state index contributed by atoms with van der Waals surface area (Å²) in [5.41, 5.74) is 2.48. The number of hydrogen-bond acceptors (Lipinski definition) is 5. The van der Waals surface area contributed by atoms with Crippen molar-refractivity contribution >= 4 is 23.2 Å². The Balaban J connectivity index is 2.01. The van der Waals surface area contributed by atoms with Crippen molar-refractivity contribution in [2.75, 3.05) is 13.7 Å². The van der Waals surface area contributed by atoms with Crippen molar-refractivity contribution in [2.24, 2.45) is 4.99 Å². The lowest BCUT2D eigenvalue weighted by molar-refractivity contribution is -0.121. The van der Waals surface area contributed by atoms with E-state index >= 15 is 0 Å². The third-order valence-corrected chi connectivity index (χ3v) is 5.09. The van der Waals surface area contributed by atoms with Gasteiger partial charge in [0.2, 0.25) is 5.91 Å². The van der Waals surface area contributed by atoms with Crippen LogP contribution in [0.15, 0.2) is 47.5 Å². The van der Waals surface area contributed by atoms with E-state index in [2.05, 4.69) is 15.5 Å². The summed E-state index contributed by atoms with van der Waals surface area (Å²) in [6.45, 7) is -0.238. The highest BCUT2D eigenvalue weighted by Gasteiger charge is 2.29. The largest absolute Gasteiger partial charge is 0.497 e. The Morgan fingerprint density at radius 3 is 2.77 bits per heavy atom. The highest BCUT2D eigenvalue weighted by Crippen LogP contribution is 2.34. The molecule has 1 amide bonds. The Labute approximate surface area is 184 Å². The molecular formula is C22H22ClN5O2. The highest BCUT2D eigenvalue weighted by atomic mass is 35.5. The molecule has 8 heteroatoms. The molecule has 1 aliphatic heterocycles. The van der Waals surface area contributed by atoms with Crippen molar-refractivity contribution in [3.05, 3.63) is 70.3 Å². The first kappa shape index (κ1) is 16.6. The van der Waals surface area contributed by atoms with Crippen molar-refractivity contribution in [2.45, 2.75) is 26.2 Å². The van der Waals surface area contributed by atoms with E-state index < -0.39 is 12.9 Å². The van der Waals surface area contributed by atoms with Gasteiger partial charge in [0, 0.05) is 26.8 Å². The average molecular weight is 427 g/mol. The number of ether oxygens (including phenoxy) is 1. The number of amides is 1. The number of carbonyl (C=O) groups is 1. The van der Waals surface area contributed by atoms with E-state index in [1.165, 1.54) is 4.57 Å². The predicted octanol–water partition coefficient (Wildman–Crippen LogP) is 3.66. The first-order valence-electron chi connectivity index (χ1n) is 11.0. The van der Waals surface area contributed by atoms with Crippen LogP contribution >= 0.6 is 11.6 Å². The van der Waals surface area contributed by atoms with E-state index in [-0.39, 0.29) is 24.0 Å². The maximum absolute atomic E-state index is 12.5. The van der Waals surface area contributed by atoms with E-state index in [0.29, 0.717) is 34.3 Å². The van der Waals surface area contributed by atoms with Gasteiger partial charge in [-0.2, -0.15) is 0 Å². The minimum absolute atomic E-state index is 0.0187. The van der Waals surface area contributed by atoms with Gasteiger partial charge in [0.05, 0.1) is 24.9 Å². The zero-order valence-electron chi connectivity index (χ0n) is 19.5. The first-order valence-corrected chi connectivity index (χ1v) is 9.85. The number of nitrogens with one attached hydrogen (secondary N) is 1. The molecule has 0 aliphatic carbocycles. The van der Waals surface area contributed by atoms with Crippen LogP contribution < -0.4 is 10.1 Å². The van der Waals surface area contributed by atoms with E-state index in [1.54, 1.807) is 37.4 Å². The number of methoxy groups -OCH3 is 1. The molecule has 2 aromatic carbocycles. The lowest BCUT2D eigenvalue weighted by Gasteiger charge is -2.14. The normalized spacial score (nSPS) is 16.8. The lowest BCUT2D eigenvalue weighted by atomic mass is 10.00. The van der Waals surface area contributed by atoms with Crippen LogP contribution in [-0.2, 0) is 4.79 Å². The van der Waals surface area contributed by atoms with E-state index in [0.717, 1.165) is 5.56 Å². The van der Waals surface area contributed by atoms with Gasteiger partial charge in [0.15, 0.2) is 5.82 Å². The van der Waals surface area contributed by atoms with E-state index in [9.17, 15) is 4.79 Å². The van der Waals surface area contributed by atoms with Crippen LogP contribution in [0.1, 0.15) is 46.3 Å². The van der Waals surface area contributed by atoms with Crippen LogP contribution in [0.25, 0.3) is 5.69 Å². The summed E-state index contributed by atoms with van der Waals surface area (Å²) in [6.07, 6.45) is -0.0187. The molecule has 1 atom stereocenters. The average Bonchev–Trinajstić information content (AvgIpc) is 3.18. The van der Waals surface area contributed by atoms with Gasteiger partial charge in [-0.25, -0.2) is 0 Å². The number of halogens is 1. The molecule has 30 heavy (non-hydrogen) atoms. The fraction of sp³-hybridized carbons (Fsp3) is 0.273. The molecule has 7 nitrogen and oxygen atoms in total. The van der Waals surface area contributed by atoms with E-state index in [4.69, 9.17) is 25.4 Å². The second-order valence-corrected chi connectivity index (χ2v) is 7.19. The number of carbonyl (C=O) groups excluding carboxylic acids is 1. The third kappa shape index (κ3) is 3.68. The summed E-state index contributed by atoms with van der Waals surface area (Å²) >= 11 is 6.09. The molecule has 154 valence electrons. The van der Waals surface area contributed by atoms with Crippen LogP contribution in [0.3, 0.4) is 0 Å². The van der Waals surface area contributed by atoms with Crippen molar-refractivity contribution in [3.8, 4) is 11.4 Å². The monoisotopic (exact) mass is 426 g/mol. The summed E-state index contributed by atoms with van der Waals surface area (Å²) in [6, 6.07) is 11.6. The van der Waals surface area contributed by atoms with Crippen LogP contribution in [0, 0.1) is 6.85 Å². The molecule has 1 aromatic heterocycles. The Morgan fingerprint density at radius 2 is 2.07 bits per heavy atom. The molecule has 0 bridgehead atoms. The van der Waals surface area contributed by atoms with Crippen LogP contribution in [0.5, 0.6) is 5.75 Å². The molecule has 0 saturated carbocycles. The number of hydrogen-bond donors (Lipinski definition) is 1. The summed E-state index contributed by atoms with van der Waals surface area (Å²) < 4.78 is 30.9. The second-order valence-electron chi connectivity index (χ2n) is 6.76.